The first kappa shape index (κ1) is 35.5. The minimum absolute atomic E-state index is 0.898. The molecule has 0 saturated heterocycles. The van der Waals surface area contributed by atoms with Crippen LogP contribution in [0.3, 0.4) is 0 Å². The van der Waals surface area contributed by atoms with E-state index < -0.39 is 0 Å². The third-order valence-corrected chi connectivity index (χ3v) is 13.2. The fraction of sp³-hybridized carbons (Fsp3) is 0. The quantitative estimate of drug-likeness (QED) is 0.158. The Balaban J connectivity index is 1.13. The third-order valence-electron chi connectivity index (χ3n) is 13.2. The number of benzene rings is 12. The van der Waals surface area contributed by atoms with E-state index in [1.54, 1.807) is 0 Å². The van der Waals surface area contributed by atoms with Gasteiger partial charge in [-0.3, -0.25) is 0 Å². The van der Waals surface area contributed by atoms with Gasteiger partial charge < -0.3 is 4.42 Å². The Morgan fingerprint density at radius 3 is 1.30 bits per heavy atom. The molecule has 1 nitrogen and oxygen atoms in total. The Hall–Kier alpha value is -8.26. The highest BCUT2D eigenvalue weighted by Gasteiger charge is 2.22. The number of rotatable bonds is 5. The first-order valence-electron chi connectivity index (χ1n) is 21.7. The Bertz CT molecular complexity index is 3970. The maximum Gasteiger partial charge on any atom is 0.143 e. The van der Waals surface area contributed by atoms with Gasteiger partial charge in [0.15, 0.2) is 0 Å². The van der Waals surface area contributed by atoms with Gasteiger partial charge in [0.1, 0.15) is 11.2 Å². The molecule has 63 heavy (non-hydrogen) atoms. The minimum atomic E-state index is 0.898. The van der Waals surface area contributed by atoms with Gasteiger partial charge in [0.05, 0.1) is 0 Å². The predicted octanol–water partition coefficient (Wildman–Crippen LogP) is 17.7. The van der Waals surface area contributed by atoms with Crippen LogP contribution in [0, 0.1) is 0 Å². The topological polar surface area (TPSA) is 13.1 Å². The van der Waals surface area contributed by atoms with E-state index in [0.717, 1.165) is 33.1 Å². The Morgan fingerprint density at radius 1 is 0.222 bits per heavy atom. The zero-order chi connectivity index (χ0) is 41.4. The highest BCUT2D eigenvalue weighted by molar-refractivity contribution is 6.24. The molecule has 1 heterocycles. The van der Waals surface area contributed by atoms with E-state index >= 15 is 0 Å². The molecule has 0 N–H and O–H groups in total. The zero-order valence-corrected chi connectivity index (χ0v) is 34.3. The lowest BCUT2D eigenvalue weighted by molar-refractivity contribution is 0.670. The van der Waals surface area contributed by atoms with Crippen molar-refractivity contribution < 1.29 is 4.42 Å². The lowest BCUT2D eigenvalue weighted by Crippen LogP contribution is -1.93. The molecule has 0 fully saturated rings. The van der Waals surface area contributed by atoms with Gasteiger partial charge in [-0.05, 0) is 134 Å². The average molecular weight is 799 g/mol. The minimum Gasteiger partial charge on any atom is -0.455 e. The lowest BCUT2D eigenvalue weighted by Gasteiger charge is -2.20. The van der Waals surface area contributed by atoms with Gasteiger partial charge in [0.2, 0.25) is 0 Å². The van der Waals surface area contributed by atoms with Crippen LogP contribution in [-0.2, 0) is 0 Å². The van der Waals surface area contributed by atoms with E-state index in [1.807, 2.05) is 0 Å². The Morgan fingerprint density at radius 2 is 0.667 bits per heavy atom. The summed E-state index contributed by atoms with van der Waals surface area (Å²) < 4.78 is 6.82. The summed E-state index contributed by atoms with van der Waals surface area (Å²) >= 11 is 0. The SMILES string of the molecule is c1cc(-c2cccc3ccccc23)cc(-c2c3ccccc3c(-c3cccc(-c4cccc5ccccc45)c3)c3cc(-c4c5ccccc5cc5c4oc4ccccc45)ccc23)c1. The Kier molecular flexibility index (Phi) is 7.98. The number of hydrogen-bond acceptors (Lipinski definition) is 1. The monoisotopic (exact) mass is 798 g/mol. The number of para-hydroxylation sites is 1. The van der Waals surface area contributed by atoms with Gasteiger partial charge in [-0.25, -0.2) is 0 Å². The van der Waals surface area contributed by atoms with Crippen LogP contribution in [-0.4, -0.2) is 0 Å². The normalized spacial score (nSPS) is 11.8. The smallest absolute Gasteiger partial charge is 0.143 e. The van der Waals surface area contributed by atoms with Crippen LogP contribution in [0.15, 0.2) is 235 Å². The van der Waals surface area contributed by atoms with Crippen molar-refractivity contribution in [3.05, 3.63) is 231 Å². The van der Waals surface area contributed by atoms with Gasteiger partial charge in [0, 0.05) is 16.3 Å². The standard InChI is InChI=1S/C62H38O/c1-4-24-47-39(15-1)18-13-30-49(47)41-20-11-22-44(35-41)59-53-28-7-8-29-54(53)60(45-23-12-21-42(36-45)50-31-14-19-40-16-2-5-25-48(40)50)56-38-46(33-34-55(56)59)61-51-26-6-3-17-43(51)37-57-52-27-9-10-32-58(52)63-62(57)61/h1-38H. The van der Waals surface area contributed by atoms with Crippen LogP contribution in [0.2, 0.25) is 0 Å². The second-order valence-corrected chi connectivity index (χ2v) is 16.7. The zero-order valence-electron chi connectivity index (χ0n) is 34.3. The molecule has 1 aromatic heterocycles. The summed E-state index contributed by atoms with van der Waals surface area (Å²) in [6, 6.07) is 84.5. The summed E-state index contributed by atoms with van der Waals surface area (Å²) in [5, 5.41) is 14.5. The summed E-state index contributed by atoms with van der Waals surface area (Å²) in [5.74, 6) is 0. The third kappa shape index (κ3) is 5.64. The van der Waals surface area contributed by atoms with Crippen molar-refractivity contribution >= 4 is 75.8 Å². The van der Waals surface area contributed by atoms with Crippen molar-refractivity contribution in [2.24, 2.45) is 0 Å². The molecule has 0 aliphatic carbocycles. The summed E-state index contributed by atoms with van der Waals surface area (Å²) in [6.45, 7) is 0. The number of fused-ring (bicyclic) bond motifs is 8. The highest BCUT2D eigenvalue weighted by atomic mass is 16.3. The highest BCUT2D eigenvalue weighted by Crippen LogP contribution is 2.48. The summed E-state index contributed by atoms with van der Waals surface area (Å²) in [4.78, 5) is 0. The van der Waals surface area contributed by atoms with Gasteiger partial charge in [-0.15, -0.1) is 0 Å². The fourth-order valence-corrected chi connectivity index (χ4v) is 10.4. The first-order valence-corrected chi connectivity index (χ1v) is 21.7. The van der Waals surface area contributed by atoms with Gasteiger partial charge in [0.25, 0.3) is 0 Å². The van der Waals surface area contributed by atoms with Gasteiger partial charge in [-0.1, -0.05) is 200 Å². The average Bonchev–Trinajstić information content (AvgIpc) is 3.72. The van der Waals surface area contributed by atoms with E-state index in [2.05, 4.69) is 231 Å². The van der Waals surface area contributed by atoms with E-state index in [-0.39, 0.29) is 0 Å². The molecule has 12 aromatic carbocycles. The summed E-state index contributed by atoms with van der Waals surface area (Å²) in [7, 11) is 0. The molecule has 0 radical (unpaired) electrons. The van der Waals surface area contributed by atoms with Crippen molar-refractivity contribution in [2.75, 3.05) is 0 Å². The largest absolute Gasteiger partial charge is 0.455 e. The van der Waals surface area contributed by atoms with E-state index in [9.17, 15) is 0 Å². The van der Waals surface area contributed by atoms with Crippen molar-refractivity contribution in [3.63, 3.8) is 0 Å². The van der Waals surface area contributed by atoms with Crippen LogP contribution < -0.4 is 0 Å². The lowest BCUT2D eigenvalue weighted by atomic mass is 9.83. The molecule has 0 bridgehead atoms. The maximum atomic E-state index is 6.82. The summed E-state index contributed by atoms with van der Waals surface area (Å²) in [5.41, 5.74) is 13.7. The molecule has 292 valence electrons. The fourth-order valence-electron chi connectivity index (χ4n) is 10.4. The van der Waals surface area contributed by atoms with Crippen LogP contribution in [0.5, 0.6) is 0 Å². The van der Waals surface area contributed by atoms with Crippen molar-refractivity contribution in [1.29, 1.82) is 0 Å². The molecule has 13 aromatic rings. The molecular formula is C62H38O. The van der Waals surface area contributed by atoms with Gasteiger partial charge in [-0.2, -0.15) is 0 Å². The second-order valence-electron chi connectivity index (χ2n) is 16.7. The first-order chi connectivity index (χ1) is 31.2. The molecule has 13 rings (SSSR count). The van der Waals surface area contributed by atoms with Crippen LogP contribution in [0.1, 0.15) is 0 Å². The number of hydrogen-bond donors (Lipinski definition) is 0. The van der Waals surface area contributed by atoms with Crippen LogP contribution in [0.25, 0.3) is 131 Å². The molecule has 0 atom stereocenters. The molecule has 0 amide bonds. The van der Waals surface area contributed by atoms with Crippen molar-refractivity contribution in [3.8, 4) is 55.6 Å². The molecular weight excluding hydrogens is 761 g/mol. The maximum absolute atomic E-state index is 6.82. The van der Waals surface area contributed by atoms with Crippen molar-refractivity contribution in [2.45, 2.75) is 0 Å². The van der Waals surface area contributed by atoms with Crippen LogP contribution >= 0.6 is 0 Å². The molecule has 0 aliphatic heterocycles. The molecule has 0 spiro atoms. The Labute approximate surface area is 364 Å². The molecule has 0 aliphatic rings. The second kappa shape index (κ2) is 14.2. The number of furan rings is 1. The van der Waals surface area contributed by atoms with E-state index in [1.165, 1.54) is 98.4 Å². The predicted molar refractivity (Wildman–Crippen MR) is 268 cm³/mol. The molecule has 1 heteroatoms. The van der Waals surface area contributed by atoms with E-state index in [0.29, 0.717) is 0 Å². The van der Waals surface area contributed by atoms with E-state index in [4.69, 9.17) is 4.42 Å². The molecule has 0 unspecified atom stereocenters. The van der Waals surface area contributed by atoms with Crippen molar-refractivity contribution in [1.82, 2.24) is 0 Å². The molecule has 0 saturated carbocycles. The van der Waals surface area contributed by atoms with Gasteiger partial charge >= 0.3 is 0 Å². The summed E-state index contributed by atoms with van der Waals surface area (Å²) in [6.07, 6.45) is 0. The van der Waals surface area contributed by atoms with Crippen LogP contribution in [0.4, 0.5) is 0 Å².